The fraction of sp³-hybridized carbons (Fsp3) is 0.857. The van der Waals surface area contributed by atoms with E-state index in [-0.39, 0.29) is 12.8 Å². The Hall–Kier alpha value is -0.870. The number of alkyl halides is 2. The van der Waals surface area contributed by atoms with E-state index < -0.39 is 18.1 Å². The number of amides is 1. The van der Waals surface area contributed by atoms with Gasteiger partial charge in [0.1, 0.15) is 0 Å². The van der Waals surface area contributed by atoms with E-state index in [1.165, 1.54) is 0 Å². The summed E-state index contributed by atoms with van der Waals surface area (Å²) in [6, 6.07) is -0.578. The lowest BCUT2D eigenvalue weighted by atomic mass is 9.92. The first-order valence-electron chi connectivity index (χ1n) is 3.87. The predicted octanol–water partition coefficient (Wildman–Crippen LogP) is 1.83. The second kappa shape index (κ2) is 3.25. The maximum absolute atomic E-state index is 12.7. The average Bonchev–Trinajstić information content (AvgIpc) is 1.82. The Morgan fingerprint density at radius 1 is 1.58 bits per heavy atom. The van der Waals surface area contributed by atoms with Crippen LogP contribution in [0.4, 0.5) is 13.6 Å². The Balaban J connectivity index is 2.41. The predicted molar refractivity (Wildman–Crippen MR) is 38.4 cm³/mol. The number of hydrogen-bond donors (Lipinski definition) is 2. The molecule has 0 aromatic carbocycles. The van der Waals surface area contributed by atoms with Crippen LogP contribution in [0, 0.1) is 0 Å². The lowest BCUT2D eigenvalue weighted by Gasteiger charge is -2.28. The van der Waals surface area contributed by atoms with Crippen LogP contribution >= 0.6 is 0 Å². The standard InChI is InChI=1S/C7H11F2NO2/c8-7(9)3-1-2-5(4-7)10-6(11)12/h5,10H,1-4H2,(H,11,12). The van der Waals surface area contributed by atoms with E-state index in [0.29, 0.717) is 12.8 Å². The van der Waals surface area contributed by atoms with Crippen LogP contribution in [0.25, 0.3) is 0 Å². The maximum atomic E-state index is 12.7. The van der Waals surface area contributed by atoms with E-state index in [1.54, 1.807) is 0 Å². The molecule has 12 heavy (non-hydrogen) atoms. The van der Waals surface area contributed by atoms with Crippen LogP contribution in [0.2, 0.25) is 0 Å². The molecule has 1 saturated carbocycles. The van der Waals surface area contributed by atoms with E-state index in [2.05, 4.69) is 5.32 Å². The second-order valence-corrected chi connectivity index (χ2v) is 3.10. The van der Waals surface area contributed by atoms with Crippen molar-refractivity contribution in [2.45, 2.75) is 37.6 Å². The lowest BCUT2D eigenvalue weighted by molar-refractivity contribution is -0.0431. The first-order chi connectivity index (χ1) is 5.49. The van der Waals surface area contributed by atoms with Gasteiger partial charge in [0.25, 0.3) is 0 Å². The number of halogens is 2. The van der Waals surface area contributed by atoms with Crippen molar-refractivity contribution in [2.24, 2.45) is 0 Å². The molecule has 0 aromatic rings. The van der Waals surface area contributed by atoms with Gasteiger partial charge in [0.05, 0.1) is 0 Å². The van der Waals surface area contributed by atoms with Gasteiger partial charge in [-0.25, -0.2) is 13.6 Å². The molecule has 1 aliphatic rings. The summed E-state index contributed by atoms with van der Waals surface area (Å²) in [6.45, 7) is 0. The molecule has 0 aromatic heterocycles. The van der Waals surface area contributed by atoms with Gasteiger partial charge in [-0.1, -0.05) is 0 Å². The molecule has 0 bridgehead atoms. The van der Waals surface area contributed by atoms with Gasteiger partial charge in [-0.05, 0) is 12.8 Å². The molecule has 1 rings (SSSR count). The molecule has 0 heterocycles. The van der Waals surface area contributed by atoms with Gasteiger partial charge in [0, 0.05) is 18.9 Å². The van der Waals surface area contributed by atoms with Crippen molar-refractivity contribution in [3.8, 4) is 0 Å². The quantitative estimate of drug-likeness (QED) is 0.645. The number of carboxylic acid groups (broad SMARTS) is 1. The summed E-state index contributed by atoms with van der Waals surface area (Å²) in [7, 11) is 0. The topological polar surface area (TPSA) is 49.3 Å². The summed E-state index contributed by atoms with van der Waals surface area (Å²) in [6.07, 6.45) is -0.804. The van der Waals surface area contributed by atoms with Crippen molar-refractivity contribution >= 4 is 6.09 Å². The van der Waals surface area contributed by atoms with Crippen LogP contribution < -0.4 is 5.32 Å². The van der Waals surface area contributed by atoms with Crippen LogP contribution in [-0.2, 0) is 0 Å². The van der Waals surface area contributed by atoms with Crippen LogP contribution in [0.1, 0.15) is 25.7 Å². The number of hydrogen-bond acceptors (Lipinski definition) is 1. The third-order valence-electron chi connectivity index (χ3n) is 1.97. The highest BCUT2D eigenvalue weighted by molar-refractivity contribution is 5.64. The largest absolute Gasteiger partial charge is 0.465 e. The van der Waals surface area contributed by atoms with Crippen molar-refractivity contribution in [2.75, 3.05) is 0 Å². The zero-order valence-corrected chi connectivity index (χ0v) is 6.52. The van der Waals surface area contributed by atoms with Crippen LogP contribution in [0.15, 0.2) is 0 Å². The summed E-state index contributed by atoms with van der Waals surface area (Å²) in [5, 5.41) is 10.4. The van der Waals surface area contributed by atoms with E-state index >= 15 is 0 Å². The smallest absolute Gasteiger partial charge is 0.404 e. The summed E-state index contributed by atoms with van der Waals surface area (Å²) in [5.74, 6) is -2.69. The number of nitrogens with one attached hydrogen (secondary N) is 1. The third-order valence-corrected chi connectivity index (χ3v) is 1.97. The first kappa shape index (κ1) is 9.22. The van der Waals surface area contributed by atoms with E-state index in [4.69, 9.17) is 5.11 Å². The summed E-state index contributed by atoms with van der Waals surface area (Å²) >= 11 is 0. The molecule has 1 fully saturated rings. The van der Waals surface area contributed by atoms with Crippen LogP contribution in [-0.4, -0.2) is 23.2 Å². The highest BCUT2D eigenvalue weighted by Gasteiger charge is 2.36. The molecule has 3 nitrogen and oxygen atoms in total. The van der Waals surface area contributed by atoms with Crippen molar-refractivity contribution in [3.05, 3.63) is 0 Å². The lowest BCUT2D eigenvalue weighted by Crippen LogP contribution is -2.41. The molecule has 0 radical (unpaired) electrons. The molecular weight excluding hydrogens is 168 g/mol. The molecule has 5 heteroatoms. The minimum Gasteiger partial charge on any atom is -0.465 e. The second-order valence-electron chi connectivity index (χ2n) is 3.10. The average molecular weight is 179 g/mol. The van der Waals surface area contributed by atoms with E-state index in [9.17, 15) is 13.6 Å². The third kappa shape index (κ3) is 2.64. The molecule has 0 saturated heterocycles. The molecule has 1 aliphatic carbocycles. The number of rotatable bonds is 1. The Kier molecular flexibility index (Phi) is 2.49. The summed E-state index contributed by atoms with van der Waals surface area (Å²) in [5.41, 5.74) is 0. The van der Waals surface area contributed by atoms with Gasteiger partial charge in [-0.2, -0.15) is 0 Å². The number of carbonyl (C=O) groups is 1. The van der Waals surface area contributed by atoms with Gasteiger partial charge in [-0.15, -0.1) is 0 Å². The Morgan fingerprint density at radius 2 is 2.25 bits per heavy atom. The summed E-state index contributed by atoms with van der Waals surface area (Å²) in [4.78, 5) is 10.1. The fourth-order valence-electron chi connectivity index (χ4n) is 1.47. The molecule has 70 valence electrons. The van der Waals surface area contributed by atoms with Gasteiger partial charge >= 0.3 is 6.09 Å². The van der Waals surface area contributed by atoms with Crippen molar-refractivity contribution < 1.29 is 18.7 Å². The molecular formula is C7H11F2NO2. The first-order valence-corrected chi connectivity index (χ1v) is 3.87. The Morgan fingerprint density at radius 3 is 2.75 bits per heavy atom. The molecule has 0 spiro atoms. The van der Waals surface area contributed by atoms with Crippen molar-refractivity contribution in [3.63, 3.8) is 0 Å². The molecule has 1 amide bonds. The molecule has 1 atom stereocenters. The normalized spacial score (nSPS) is 28.0. The van der Waals surface area contributed by atoms with Crippen molar-refractivity contribution in [1.82, 2.24) is 5.32 Å². The molecule has 0 aliphatic heterocycles. The zero-order chi connectivity index (χ0) is 9.19. The van der Waals surface area contributed by atoms with Crippen LogP contribution in [0.5, 0.6) is 0 Å². The van der Waals surface area contributed by atoms with Gasteiger partial charge in [0.15, 0.2) is 0 Å². The Bertz CT molecular complexity index is 184. The molecule has 1 unspecified atom stereocenters. The molecule has 2 N–H and O–H groups in total. The minimum atomic E-state index is -2.69. The van der Waals surface area contributed by atoms with Crippen molar-refractivity contribution in [1.29, 1.82) is 0 Å². The SMILES string of the molecule is O=C(O)NC1CCCC(F)(F)C1. The minimum absolute atomic E-state index is 0.120. The summed E-state index contributed by atoms with van der Waals surface area (Å²) < 4.78 is 25.3. The van der Waals surface area contributed by atoms with Gasteiger partial charge < -0.3 is 10.4 Å². The van der Waals surface area contributed by atoms with E-state index in [1.807, 2.05) is 0 Å². The monoisotopic (exact) mass is 179 g/mol. The van der Waals surface area contributed by atoms with Gasteiger partial charge in [-0.3, -0.25) is 0 Å². The highest BCUT2D eigenvalue weighted by atomic mass is 19.3. The van der Waals surface area contributed by atoms with Gasteiger partial charge in [0.2, 0.25) is 5.92 Å². The van der Waals surface area contributed by atoms with Crippen LogP contribution in [0.3, 0.4) is 0 Å². The Labute approximate surface area is 68.8 Å². The zero-order valence-electron chi connectivity index (χ0n) is 6.52. The van der Waals surface area contributed by atoms with E-state index in [0.717, 1.165) is 0 Å². The fourth-order valence-corrected chi connectivity index (χ4v) is 1.47. The highest BCUT2D eigenvalue weighted by Crippen LogP contribution is 2.32. The maximum Gasteiger partial charge on any atom is 0.404 e.